The van der Waals surface area contributed by atoms with Crippen molar-refractivity contribution in [3.63, 3.8) is 0 Å². The Balaban J connectivity index is 1.31. The van der Waals surface area contributed by atoms with Gasteiger partial charge in [-0.1, -0.05) is 23.7 Å². The smallest absolute Gasteiger partial charge is 0.227 e. The van der Waals surface area contributed by atoms with Crippen molar-refractivity contribution in [1.82, 2.24) is 4.98 Å². The van der Waals surface area contributed by atoms with Gasteiger partial charge in [0.1, 0.15) is 0 Å². The Labute approximate surface area is 172 Å². The maximum absolute atomic E-state index is 12.2. The van der Waals surface area contributed by atoms with Crippen molar-refractivity contribution in [3.8, 4) is 0 Å². The number of carbonyl (C=O) groups excluding carboxylic acids is 2. The number of halogens is 1. The molecule has 0 bridgehead atoms. The molecule has 3 aromatic rings. The number of hydrogen-bond acceptors (Lipinski definition) is 4. The molecule has 1 aromatic heterocycles. The quantitative estimate of drug-likeness (QED) is 0.615. The molecular formula is C21H20ClN3O2S. The van der Waals surface area contributed by atoms with E-state index in [9.17, 15) is 9.59 Å². The van der Waals surface area contributed by atoms with Crippen molar-refractivity contribution in [2.24, 2.45) is 0 Å². The lowest BCUT2D eigenvalue weighted by Gasteiger charge is -2.18. The third-order valence-electron chi connectivity index (χ3n) is 4.73. The number of benzene rings is 2. The average molecular weight is 414 g/mol. The number of fused-ring (bicyclic) bond motifs is 1. The number of aromatic nitrogens is 1. The number of amides is 2. The largest absolute Gasteiger partial charge is 0.326 e. The van der Waals surface area contributed by atoms with Gasteiger partial charge in [-0.2, -0.15) is 0 Å². The number of nitrogens with zero attached hydrogens (tertiary/aromatic N) is 2. The summed E-state index contributed by atoms with van der Waals surface area (Å²) in [7, 11) is 0. The molecule has 1 N–H and O–H groups in total. The zero-order valence-corrected chi connectivity index (χ0v) is 16.9. The minimum atomic E-state index is -0.0535. The first-order valence-electron chi connectivity index (χ1n) is 9.34. The van der Waals surface area contributed by atoms with E-state index >= 15 is 0 Å². The van der Waals surface area contributed by atoms with Crippen LogP contribution in [0.25, 0.3) is 10.2 Å². The van der Waals surface area contributed by atoms with Crippen LogP contribution in [0.15, 0.2) is 42.5 Å². The molecule has 0 radical (unpaired) electrons. The number of nitrogens with one attached hydrogen (secondary N) is 1. The van der Waals surface area contributed by atoms with E-state index in [1.54, 1.807) is 34.4 Å². The third kappa shape index (κ3) is 4.18. The number of aryl methyl sites for hydroxylation is 1. The number of anilines is 2. The number of thiazole rings is 1. The van der Waals surface area contributed by atoms with Crippen LogP contribution in [-0.2, 0) is 16.0 Å². The monoisotopic (exact) mass is 413 g/mol. The summed E-state index contributed by atoms with van der Waals surface area (Å²) in [6.07, 6.45) is 3.34. The van der Waals surface area contributed by atoms with Crippen LogP contribution >= 0.6 is 22.9 Å². The molecule has 0 spiro atoms. The number of carbonyl (C=O) groups is 2. The molecule has 2 aromatic carbocycles. The molecule has 144 valence electrons. The minimum absolute atomic E-state index is 0.0535. The lowest BCUT2D eigenvalue weighted by molar-refractivity contribution is -0.117. The summed E-state index contributed by atoms with van der Waals surface area (Å²) < 4.78 is 1.17. The van der Waals surface area contributed by atoms with Crippen LogP contribution in [-0.4, -0.2) is 23.3 Å². The molecule has 1 saturated heterocycles. The normalized spacial score (nSPS) is 14.0. The molecular weight excluding hydrogens is 394 g/mol. The molecule has 1 fully saturated rings. The molecule has 2 amide bonds. The van der Waals surface area contributed by atoms with Gasteiger partial charge < -0.3 is 10.2 Å². The van der Waals surface area contributed by atoms with Crippen LogP contribution in [0, 0.1) is 0 Å². The fourth-order valence-corrected chi connectivity index (χ4v) is 4.65. The van der Waals surface area contributed by atoms with Crippen LogP contribution in [0.4, 0.5) is 11.4 Å². The van der Waals surface area contributed by atoms with Crippen LogP contribution in [0.5, 0.6) is 0 Å². The summed E-state index contributed by atoms with van der Waals surface area (Å²) in [6.45, 7) is 0.691. The average Bonchev–Trinajstić information content (AvgIpc) is 3.27. The fourth-order valence-electron chi connectivity index (χ4n) is 3.36. The van der Waals surface area contributed by atoms with Crippen LogP contribution in [0.1, 0.15) is 30.7 Å². The van der Waals surface area contributed by atoms with Crippen molar-refractivity contribution < 1.29 is 9.59 Å². The molecule has 0 aliphatic carbocycles. The first-order chi connectivity index (χ1) is 13.6. The van der Waals surface area contributed by atoms with Gasteiger partial charge in [-0.15, -0.1) is 11.3 Å². The maximum Gasteiger partial charge on any atom is 0.227 e. The standard InChI is InChI=1S/C21H20ClN3O2S/c22-15-13-14(10-11-17(15)25-12-4-9-21(25)27)23-19(26)7-3-8-20-24-16-5-1-2-6-18(16)28-20/h1-2,5-6,10-11,13H,3-4,7-9,12H2,(H,23,26). The molecule has 2 heterocycles. The molecule has 7 heteroatoms. The summed E-state index contributed by atoms with van der Waals surface area (Å²) in [6, 6.07) is 13.3. The van der Waals surface area contributed by atoms with E-state index < -0.39 is 0 Å². The number of hydrogen-bond donors (Lipinski definition) is 1. The van der Waals surface area contributed by atoms with Gasteiger partial charge in [0.15, 0.2) is 0 Å². The van der Waals surface area contributed by atoms with Gasteiger partial charge in [-0.3, -0.25) is 9.59 Å². The van der Waals surface area contributed by atoms with E-state index in [0.29, 0.717) is 35.8 Å². The summed E-state index contributed by atoms with van der Waals surface area (Å²) >= 11 is 8.01. The lowest BCUT2D eigenvalue weighted by Crippen LogP contribution is -2.24. The van der Waals surface area contributed by atoms with E-state index in [1.807, 2.05) is 18.2 Å². The van der Waals surface area contributed by atoms with Crippen molar-refractivity contribution in [2.45, 2.75) is 32.1 Å². The Morgan fingerprint density at radius 2 is 2.11 bits per heavy atom. The van der Waals surface area contributed by atoms with Gasteiger partial charge in [-0.25, -0.2) is 4.98 Å². The second-order valence-corrected chi connectivity index (χ2v) is 8.31. The molecule has 28 heavy (non-hydrogen) atoms. The Kier molecular flexibility index (Phi) is 5.59. The second-order valence-electron chi connectivity index (χ2n) is 6.79. The summed E-state index contributed by atoms with van der Waals surface area (Å²) in [4.78, 5) is 30.4. The molecule has 0 saturated carbocycles. The highest BCUT2D eigenvalue weighted by molar-refractivity contribution is 7.18. The molecule has 0 atom stereocenters. The van der Waals surface area contributed by atoms with Crippen molar-refractivity contribution in [3.05, 3.63) is 52.5 Å². The van der Waals surface area contributed by atoms with Gasteiger partial charge in [0.05, 0.1) is 25.9 Å². The van der Waals surface area contributed by atoms with Crippen molar-refractivity contribution in [1.29, 1.82) is 0 Å². The molecule has 0 unspecified atom stereocenters. The Morgan fingerprint density at radius 1 is 1.25 bits per heavy atom. The van der Waals surface area contributed by atoms with Crippen LogP contribution < -0.4 is 10.2 Å². The van der Waals surface area contributed by atoms with E-state index in [2.05, 4.69) is 16.4 Å². The predicted octanol–water partition coefficient (Wildman–Crippen LogP) is 5.04. The zero-order valence-electron chi connectivity index (χ0n) is 15.3. The minimum Gasteiger partial charge on any atom is -0.326 e. The van der Waals surface area contributed by atoms with Crippen molar-refractivity contribution >= 4 is 56.3 Å². The molecule has 1 aliphatic rings. The van der Waals surface area contributed by atoms with Crippen molar-refractivity contribution in [2.75, 3.05) is 16.8 Å². The SMILES string of the molecule is O=C(CCCc1nc2ccccc2s1)Nc1ccc(N2CCCC2=O)c(Cl)c1. The second kappa shape index (κ2) is 8.29. The topological polar surface area (TPSA) is 62.3 Å². The number of para-hydroxylation sites is 1. The Bertz CT molecular complexity index is 1000. The zero-order chi connectivity index (χ0) is 19.5. The van der Waals surface area contributed by atoms with E-state index in [4.69, 9.17) is 11.6 Å². The summed E-state index contributed by atoms with van der Waals surface area (Å²) in [5.41, 5.74) is 2.36. The Hall–Kier alpha value is -2.44. The van der Waals surface area contributed by atoms with E-state index in [0.717, 1.165) is 29.8 Å². The first kappa shape index (κ1) is 18.9. The molecule has 5 nitrogen and oxygen atoms in total. The van der Waals surface area contributed by atoms with E-state index in [-0.39, 0.29) is 11.8 Å². The van der Waals surface area contributed by atoms with Gasteiger partial charge in [-0.05, 0) is 49.6 Å². The van der Waals surface area contributed by atoms with Gasteiger partial charge in [0.2, 0.25) is 11.8 Å². The lowest BCUT2D eigenvalue weighted by atomic mass is 10.2. The summed E-state index contributed by atoms with van der Waals surface area (Å²) in [5.74, 6) is 0.0377. The highest BCUT2D eigenvalue weighted by atomic mass is 35.5. The fraction of sp³-hybridized carbons (Fsp3) is 0.286. The molecule has 4 rings (SSSR count). The van der Waals surface area contributed by atoms with Crippen LogP contribution in [0.2, 0.25) is 5.02 Å². The highest BCUT2D eigenvalue weighted by Crippen LogP contribution is 2.31. The van der Waals surface area contributed by atoms with Crippen LogP contribution in [0.3, 0.4) is 0 Å². The van der Waals surface area contributed by atoms with Gasteiger partial charge >= 0.3 is 0 Å². The maximum atomic E-state index is 12.2. The van der Waals surface area contributed by atoms with Gasteiger partial charge in [0, 0.05) is 25.1 Å². The van der Waals surface area contributed by atoms with Gasteiger partial charge in [0.25, 0.3) is 0 Å². The highest BCUT2D eigenvalue weighted by Gasteiger charge is 2.23. The summed E-state index contributed by atoms with van der Waals surface area (Å²) in [5, 5.41) is 4.41. The Morgan fingerprint density at radius 3 is 2.86 bits per heavy atom. The van der Waals surface area contributed by atoms with E-state index in [1.165, 1.54) is 4.70 Å². The third-order valence-corrected chi connectivity index (χ3v) is 6.13. The number of rotatable bonds is 6. The first-order valence-corrected chi connectivity index (χ1v) is 10.5. The molecule has 1 aliphatic heterocycles. The predicted molar refractivity (Wildman–Crippen MR) is 114 cm³/mol.